The topological polar surface area (TPSA) is 92.4 Å². The van der Waals surface area contributed by atoms with Gasteiger partial charge in [0.25, 0.3) is 0 Å². The Labute approximate surface area is 103 Å². The summed E-state index contributed by atoms with van der Waals surface area (Å²) >= 11 is 0. The Kier molecular flexibility index (Phi) is 6.16. The first-order chi connectivity index (χ1) is 7.76. The van der Waals surface area contributed by atoms with Gasteiger partial charge in [-0.2, -0.15) is 0 Å². The number of carbonyl (C=O) groups is 2. The van der Waals surface area contributed by atoms with Crippen LogP contribution in [-0.2, 0) is 9.59 Å². The van der Waals surface area contributed by atoms with Gasteiger partial charge in [0.1, 0.15) is 6.04 Å². The van der Waals surface area contributed by atoms with E-state index >= 15 is 0 Å². The molecule has 5 nitrogen and oxygen atoms in total. The van der Waals surface area contributed by atoms with Gasteiger partial charge in [-0.3, -0.25) is 4.79 Å². The van der Waals surface area contributed by atoms with Crippen LogP contribution in [0.4, 0.5) is 0 Å². The summed E-state index contributed by atoms with van der Waals surface area (Å²) in [5, 5.41) is 11.6. The number of aliphatic carboxylic acids is 1. The van der Waals surface area contributed by atoms with Crippen molar-refractivity contribution in [1.82, 2.24) is 5.32 Å². The second-order valence-electron chi connectivity index (χ2n) is 5.11. The number of hydrogen-bond donors (Lipinski definition) is 3. The quantitative estimate of drug-likeness (QED) is 0.622. The fourth-order valence-electron chi connectivity index (χ4n) is 1.42. The monoisotopic (exact) mass is 244 g/mol. The van der Waals surface area contributed by atoms with Crippen LogP contribution in [0.25, 0.3) is 0 Å². The van der Waals surface area contributed by atoms with Crippen molar-refractivity contribution >= 4 is 11.9 Å². The molecule has 100 valence electrons. The Morgan fingerprint density at radius 3 is 2.24 bits per heavy atom. The first-order valence-corrected chi connectivity index (χ1v) is 6.00. The van der Waals surface area contributed by atoms with Gasteiger partial charge in [-0.05, 0) is 25.7 Å². The molecule has 17 heavy (non-hydrogen) atoms. The van der Waals surface area contributed by atoms with Crippen molar-refractivity contribution < 1.29 is 14.7 Å². The average Bonchev–Trinajstić information content (AvgIpc) is 2.26. The summed E-state index contributed by atoms with van der Waals surface area (Å²) in [4.78, 5) is 23.0. The summed E-state index contributed by atoms with van der Waals surface area (Å²) in [5.74, 6) is -1.07. The molecule has 1 amide bonds. The van der Waals surface area contributed by atoms with Crippen LogP contribution in [0.5, 0.6) is 0 Å². The molecule has 0 saturated heterocycles. The van der Waals surface area contributed by atoms with Crippen LogP contribution in [-0.4, -0.2) is 29.6 Å². The van der Waals surface area contributed by atoms with Crippen LogP contribution in [0.2, 0.25) is 0 Å². The van der Waals surface area contributed by atoms with Gasteiger partial charge in [0, 0.05) is 6.54 Å². The molecule has 0 bridgehead atoms. The molecule has 0 aromatic carbocycles. The van der Waals surface area contributed by atoms with E-state index in [4.69, 9.17) is 10.8 Å². The second-order valence-corrected chi connectivity index (χ2v) is 5.11. The Morgan fingerprint density at radius 2 is 1.94 bits per heavy atom. The standard InChI is InChI=1S/C12H24N2O3/c1-5-12(4,7-13)11(17)14-9(10(15)16)6-8(2)3/h8-9H,5-7,13H2,1-4H3,(H,14,17)(H,15,16)/t9-,12?/m1/s1. The summed E-state index contributed by atoms with van der Waals surface area (Å²) in [6.45, 7) is 7.67. The van der Waals surface area contributed by atoms with Crippen LogP contribution in [0, 0.1) is 11.3 Å². The molecule has 0 heterocycles. The third-order valence-corrected chi connectivity index (χ3v) is 3.09. The van der Waals surface area contributed by atoms with E-state index < -0.39 is 17.4 Å². The fourth-order valence-corrected chi connectivity index (χ4v) is 1.42. The largest absolute Gasteiger partial charge is 0.480 e. The van der Waals surface area contributed by atoms with E-state index in [0.29, 0.717) is 12.8 Å². The van der Waals surface area contributed by atoms with E-state index in [-0.39, 0.29) is 18.4 Å². The van der Waals surface area contributed by atoms with Crippen LogP contribution < -0.4 is 11.1 Å². The van der Waals surface area contributed by atoms with Crippen molar-refractivity contribution in [3.63, 3.8) is 0 Å². The molecule has 0 aliphatic carbocycles. The summed E-state index contributed by atoms with van der Waals surface area (Å²) in [6.07, 6.45) is 1.01. The number of carbonyl (C=O) groups excluding carboxylic acids is 1. The van der Waals surface area contributed by atoms with Gasteiger partial charge in [-0.1, -0.05) is 20.8 Å². The molecule has 2 atom stereocenters. The zero-order chi connectivity index (χ0) is 13.6. The highest BCUT2D eigenvalue weighted by atomic mass is 16.4. The first kappa shape index (κ1) is 15.9. The maximum absolute atomic E-state index is 12.0. The van der Waals surface area contributed by atoms with Gasteiger partial charge in [-0.25, -0.2) is 4.79 Å². The predicted molar refractivity (Wildman–Crippen MR) is 66.5 cm³/mol. The van der Waals surface area contributed by atoms with Crippen molar-refractivity contribution in [1.29, 1.82) is 0 Å². The molecule has 0 aliphatic heterocycles. The SMILES string of the molecule is CCC(C)(CN)C(=O)N[C@H](CC(C)C)C(=O)O. The normalized spacial score (nSPS) is 16.4. The molecule has 0 saturated carbocycles. The predicted octanol–water partition coefficient (Wildman–Crippen LogP) is 0.977. The smallest absolute Gasteiger partial charge is 0.326 e. The van der Waals surface area contributed by atoms with Gasteiger partial charge in [0.15, 0.2) is 0 Å². The summed E-state index contributed by atoms with van der Waals surface area (Å²) < 4.78 is 0. The molecule has 0 fully saturated rings. The molecule has 5 heteroatoms. The number of hydrogen-bond acceptors (Lipinski definition) is 3. The minimum absolute atomic E-state index is 0.210. The minimum atomic E-state index is -0.998. The Hall–Kier alpha value is -1.10. The van der Waals surface area contributed by atoms with E-state index in [1.54, 1.807) is 6.92 Å². The summed E-state index contributed by atoms with van der Waals surface area (Å²) in [6, 6.07) is -0.833. The molecule has 0 rings (SSSR count). The third kappa shape index (κ3) is 4.73. The van der Waals surface area contributed by atoms with Gasteiger partial charge in [-0.15, -0.1) is 0 Å². The number of carboxylic acid groups (broad SMARTS) is 1. The maximum atomic E-state index is 12.0. The first-order valence-electron chi connectivity index (χ1n) is 6.00. The average molecular weight is 244 g/mol. The highest BCUT2D eigenvalue weighted by molar-refractivity contribution is 5.87. The molecular weight excluding hydrogens is 220 g/mol. The highest BCUT2D eigenvalue weighted by Crippen LogP contribution is 2.20. The number of amides is 1. The lowest BCUT2D eigenvalue weighted by atomic mass is 9.86. The lowest BCUT2D eigenvalue weighted by molar-refractivity contribution is -0.144. The number of nitrogens with one attached hydrogen (secondary N) is 1. The van der Waals surface area contributed by atoms with Crippen LogP contribution in [0.15, 0.2) is 0 Å². The third-order valence-electron chi connectivity index (χ3n) is 3.09. The number of carboxylic acids is 1. The van der Waals surface area contributed by atoms with E-state index in [1.807, 2.05) is 20.8 Å². The Bertz CT molecular complexity index is 273. The van der Waals surface area contributed by atoms with Crippen molar-refractivity contribution in [3.8, 4) is 0 Å². The van der Waals surface area contributed by atoms with Gasteiger partial charge < -0.3 is 16.2 Å². The molecule has 4 N–H and O–H groups in total. The molecule has 0 spiro atoms. The highest BCUT2D eigenvalue weighted by Gasteiger charge is 2.32. The van der Waals surface area contributed by atoms with E-state index in [0.717, 1.165) is 0 Å². The summed E-state index contributed by atoms with van der Waals surface area (Å²) in [5.41, 5.74) is 4.87. The lowest BCUT2D eigenvalue weighted by Crippen LogP contribution is -2.50. The summed E-state index contributed by atoms with van der Waals surface area (Å²) in [7, 11) is 0. The van der Waals surface area contributed by atoms with Crippen molar-refractivity contribution in [2.45, 2.75) is 46.6 Å². The number of rotatable bonds is 7. The van der Waals surface area contributed by atoms with E-state index in [1.165, 1.54) is 0 Å². The molecule has 0 aromatic heterocycles. The molecule has 0 aromatic rings. The molecule has 0 radical (unpaired) electrons. The van der Waals surface area contributed by atoms with Gasteiger partial charge in [0.05, 0.1) is 5.41 Å². The minimum Gasteiger partial charge on any atom is -0.480 e. The molecule has 1 unspecified atom stereocenters. The van der Waals surface area contributed by atoms with Gasteiger partial charge >= 0.3 is 5.97 Å². The van der Waals surface area contributed by atoms with Crippen molar-refractivity contribution in [2.75, 3.05) is 6.54 Å². The van der Waals surface area contributed by atoms with Gasteiger partial charge in [0.2, 0.25) is 5.91 Å². The maximum Gasteiger partial charge on any atom is 0.326 e. The fraction of sp³-hybridized carbons (Fsp3) is 0.833. The lowest BCUT2D eigenvalue weighted by Gasteiger charge is -2.27. The second kappa shape index (κ2) is 6.59. The molecule has 0 aliphatic rings. The van der Waals surface area contributed by atoms with Crippen LogP contribution in [0.1, 0.15) is 40.5 Å². The van der Waals surface area contributed by atoms with Crippen LogP contribution in [0.3, 0.4) is 0 Å². The van der Waals surface area contributed by atoms with E-state index in [9.17, 15) is 9.59 Å². The zero-order valence-corrected chi connectivity index (χ0v) is 11.1. The zero-order valence-electron chi connectivity index (χ0n) is 11.1. The molecular formula is C12H24N2O3. The van der Waals surface area contributed by atoms with Crippen molar-refractivity contribution in [3.05, 3.63) is 0 Å². The Morgan fingerprint density at radius 1 is 1.41 bits per heavy atom. The Balaban J connectivity index is 4.66. The van der Waals surface area contributed by atoms with Crippen LogP contribution >= 0.6 is 0 Å². The van der Waals surface area contributed by atoms with E-state index in [2.05, 4.69) is 5.32 Å². The number of nitrogens with two attached hydrogens (primary N) is 1. The van der Waals surface area contributed by atoms with Crippen molar-refractivity contribution in [2.24, 2.45) is 17.1 Å².